The van der Waals surface area contributed by atoms with Gasteiger partial charge in [-0.15, -0.1) is 0 Å². The van der Waals surface area contributed by atoms with Crippen molar-refractivity contribution in [2.45, 2.75) is 19.4 Å². The average molecular weight is 147 g/mol. The summed E-state index contributed by atoms with van der Waals surface area (Å²) < 4.78 is 1.96. The number of aliphatic hydroxyl groups excluding tert-OH is 1. The van der Waals surface area contributed by atoms with Gasteiger partial charge in [0.15, 0.2) is 0 Å². The van der Waals surface area contributed by atoms with Crippen LogP contribution in [0.3, 0.4) is 0 Å². The fraction of sp³-hybridized carbons (Fsp3) is 1.00. The fourth-order valence-electron chi connectivity index (χ4n) is 1.11. The molecule has 0 bridgehead atoms. The first-order chi connectivity index (χ1) is 4.20. The van der Waals surface area contributed by atoms with Crippen LogP contribution < -0.4 is 0 Å². The van der Waals surface area contributed by atoms with Gasteiger partial charge >= 0.3 is 0 Å². The highest BCUT2D eigenvalue weighted by Gasteiger charge is 2.21. The minimum Gasteiger partial charge on any atom is -0.393 e. The molecule has 1 N–H and O–H groups in total. The molecule has 1 heterocycles. The van der Waals surface area contributed by atoms with Gasteiger partial charge in [0.2, 0.25) is 0 Å². The molecule has 2 nitrogen and oxygen atoms in total. The first kappa shape index (κ1) is 7.38. The highest BCUT2D eigenvalue weighted by molar-refractivity contribution is 7.77. The number of thiol groups is 1. The van der Waals surface area contributed by atoms with Crippen molar-refractivity contribution in [3.63, 3.8) is 0 Å². The Labute approximate surface area is 61.4 Å². The molecule has 1 saturated heterocycles. The van der Waals surface area contributed by atoms with Gasteiger partial charge < -0.3 is 5.11 Å². The zero-order valence-electron chi connectivity index (χ0n) is 5.62. The molecule has 1 aliphatic heterocycles. The predicted octanol–water partition coefficient (Wildman–Crippen LogP) is 0.534. The van der Waals surface area contributed by atoms with Gasteiger partial charge in [-0.25, -0.2) is 0 Å². The van der Waals surface area contributed by atoms with E-state index >= 15 is 0 Å². The molecule has 0 unspecified atom stereocenters. The molecule has 0 amide bonds. The zero-order chi connectivity index (χ0) is 6.85. The Morgan fingerprint density at radius 1 is 1.67 bits per heavy atom. The molecular weight excluding hydrogens is 134 g/mol. The summed E-state index contributed by atoms with van der Waals surface area (Å²) in [5.41, 5.74) is 0. The van der Waals surface area contributed by atoms with Crippen LogP contribution in [-0.2, 0) is 0 Å². The first-order valence-electron chi connectivity index (χ1n) is 3.32. The average Bonchev–Trinajstić information content (AvgIpc) is 1.80. The van der Waals surface area contributed by atoms with Crippen LogP contribution in [0.5, 0.6) is 0 Å². The maximum Gasteiger partial charge on any atom is 0.0590 e. The Morgan fingerprint density at radius 2 is 2.33 bits per heavy atom. The van der Waals surface area contributed by atoms with E-state index in [4.69, 9.17) is 0 Å². The van der Waals surface area contributed by atoms with Crippen molar-refractivity contribution in [2.75, 3.05) is 13.1 Å². The summed E-state index contributed by atoms with van der Waals surface area (Å²) in [5, 5.41) is 9.23. The molecule has 0 aromatic rings. The van der Waals surface area contributed by atoms with Crippen molar-refractivity contribution in [3.8, 4) is 0 Å². The molecule has 0 aromatic carbocycles. The molecule has 9 heavy (non-hydrogen) atoms. The molecule has 0 aromatic heterocycles. The van der Waals surface area contributed by atoms with Gasteiger partial charge in [-0.05, 0) is 12.3 Å². The quantitative estimate of drug-likeness (QED) is 0.488. The maximum atomic E-state index is 9.23. The van der Waals surface area contributed by atoms with Gasteiger partial charge in [0, 0.05) is 13.1 Å². The van der Waals surface area contributed by atoms with Gasteiger partial charge in [0.05, 0.1) is 6.10 Å². The first-order valence-corrected chi connectivity index (χ1v) is 3.72. The van der Waals surface area contributed by atoms with Crippen LogP contribution in [0.2, 0.25) is 0 Å². The highest BCUT2D eigenvalue weighted by atomic mass is 32.1. The molecule has 0 aliphatic carbocycles. The molecule has 1 rings (SSSR count). The van der Waals surface area contributed by atoms with E-state index in [9.17, 15) is 5.11 Å². The number of piperidine rings is 1. The van der Waals surface area contributed by atoms with E-state index in [1.54, 1.807) is 0 Å². The third-order valence-corrected chi connectivity index (χ3v) is 2.20. The summed E-state index contributed by atoms with van der Waals surface area (Å²) in [6.07, 6.45) is 0.762. The molecule has 1 fully saturated rings. The number of rotatable bonds is 0. The Kier molecular flexibility index (Phi) is 2.38. The molecule has 3 heteroatoms. The molecule has 54 valence electrons. The largest absolute Gasteiger partial charge is 0.393 e. The lowest BCUT2D eigenvalue weighted by molar-refractivity contribution is 0.0665. The molecule has 0 saturated carbocycles. The Balaban J connectivity index is 2.35. The third-order valence-electron chi connectivity index (χ3n) is 1.84. The Hall–Kier alpha value is 0.270. The summed E-state index contributed by atoms with van der Waals surface area (Å²) in [4.78, 5) is 0. The topological polar surface area (TPSA) is 23.5 Å². The van der Waals surface area contributed by atoms with Crippen molar-refractivity contribution in [3.05, 3.63) is 0 Å². The monoisotopic (exact) mass is 147 g/mol. The van der Waals surface area contributed by atoms with Gasteiger partial charge in [-0.1, -0.05) is 19.7 Å². The second-order valence-corrected chi connectivity index (χ2v) is 3.31. The van der Waals surface area contributed by atoms with E-state index in [2.05, 4.69) is 12.8 Å². The normalized spacial score (nSPS) is 39.0. The third kappa shape index (κ3) is 1.85. The van der Waals surface area contributed by atoms with Crippen molar-refractivity contribution >= 4 is 12.8 Å². The molecule has 2 atom stereocenters. The smallest absolute Gasteiger partial charge is 0.0590 e. The number of hydrogen-bond acceptors (Lipinski definition) is 3. The van der Waals surface area contributed by atoms with Crippen LogP contribution in [0.4, 0.5) is 0 Å². The van der Waals surface area contributed by atoms with E-state index in [1.165, 1.54) is 0 Å². The highest BCUT2D eigenvalue weighted by Crippen LogP contribution is 2.16. The van der Waals surface area contributed by atoms with Crippen LogP contribution >= 0.6 is 12.8 Å². The second-order valence-electron chi connectivity index (χ2n) is 2.75. The standard InChI is InChI=1S/C6H13NOS/c1-5-4-7(9)3-2-6(5)8/h5-6,8-9H,2-4H2,1H3/t5-,6+/m1/s1. The van der Waals surface area contributed by atoms with Crippen LogP contribution in [-0.4, -0.2) is 28.6 Å². The van der Waals surface area contributed by atoms with E-state index in [0.717, 1.165) is 19.5 Å². The fourth-order valence-corrected chi connectivity index (χ4v) is 1.48. The summed E-state index contributed by atoms with van der Waals surface area (Å²) >= 11 is 4.18. The Bertz CT molecular complexity index is 99.1. The summed E-state index contributed by atoms with van der Waals surface area (Å²) in [5.74, 6) is 0.385. The predicted molar refractivity (Wildman–Crippen MR) is 40.3 cm³/mol. The SMILES string of the molecule is C[C@@H]1CN(S)CC[C@@H]1O. The van der Waals surface area contributed by atoms with Crippen molar-refractivity contribution in [1.82, 2.24) is 4.31 Å². The number of nitrogens with zero attached hydrogens (tertiary/aromatic N) is 1. The van der Waals surface area contributed by atoms with Crippen LogP contribution in [0.25, 0.3) is 0 Å². The lowest BCUT2D eigenvalue weighted by atomic mass is 9.99. The lowest BCUT2D eigenvalue weighted by Gasteiger charge is -2.30. The van der Waals surface area contributed by atoms with Gasteiger partial charge in [0.1, 0.15) is 0 Å². The van der Waals surface area contributed by atoms with E-state index < -0.39 is 0 Å². The van der Waals surface area contributed by atoms with Crippen molar-refractivity contribution < 1.29 is 5.11 Å². The summed E-state index contributed by atoms with van der Waals surface area (Å²) in [6.45, 7) is 3.87. The van der Waals surface area contributed by atoms with E-state index in [0.29, 0.717) is 5.92 Å². The van der Waals surface area contributed by atoms with Crippen molar-refractivity contribution in [2.24, 2.45) is 5.92 Å². The molecule has 1 aliphatic rings. The molecule has 0 spiro atoms. The second kappa shape index (κ2) is 2.90. The van der Waals surface area contributed by atoms with Crippen LogP contribution in [0, 0.1) is 5.92 Å². The minimum atomic E-state index is -0.103. The van der Waals surface area contributed by atoms with Gasteiger partial charge in [-0.2, -0.15) is 0 Å². The summed E-state index contributed by atoms with van der Waals surface area (Å²) in [6, 6.07) is 0. The number of aliphatic hydroxyl groups is 1. The zero-order valence-corrected chi connectivity index (χ0v) is 6.51. The van der Waals surface area contributed by atoms with Gasteiger partial charge in [0.25, 0.3) is 0 Å². The van der Waals surface area contributed by atoms with E-state index in [-0.39, 0.29) is 6.10 Å². The maximum absolute atomic E-state index is 9.23. The summed E-state index contributed by atoms with van der Waals surface area (Å²) in [7, 11) is 0. The van der Waals surface area contributed by atoms with Gasteiger partial charge in [-0.3, -0.25) is 4.31 Å². The van der Waals surface area contributed by atoms with Crippen molar-refractivity contribution in [1.29, 1.82) is 0 Å². The van der Waals surface area contributed by atoms with Crippen LogP contribution in [0.15, 0.2) is 0 Å². The lowest BCUT2D eigenvalue weighted by Crippen LogP contribution is -2.36. The minimum absolute atomic E-state index is 0.103. The molecule has 0 radical (unpaired) electrons. The van der Waals surface area contributed by atoms with E-state index in [1.807, 2.05) is 11.2 Å². The van der Waals surface area contributed by atoms with Crippen LogP contribution in [0.1, 0.15) is 13.3 Å². The number of hydrogen-bond donors (Lipinski definition) is 2. The molecular formula is C6H13NOS. The Morgan fingerprint density at radius 3 is 2.78 bits per heavy atom.